The second-order valence-electron chi connectivity index (χ2n) is 8.46. The maximum absolute atomic E-state index is 13.0. The molecule has 1 aliphatic heterocycles. The van der Waals surface area contributed by atoms with Crippen molar-refractivity contribution in [3.8, 4) is 17.2 Å². The van der Waals surface area contributed by atoms with Crippen molar-refractivity contribution in [1.82, 2.24) is 0 Å². The molecule has 7 heteroatoms. The van der Waals surface area contributed by atoms with E-state index in [9.17, 15) is 9.59 Å². The number of carbonyl (C=O) groups is 2. The van der Waals surface area contributed by atoms with E-state index >= 15 is 0 Å². The molecule has 7 nitrogen and oxygen atoms in total. The normalized spacial score (nSPS) is 21.9. The summed E-state index contributed by atoms with van der Waals surface area (Å²) in [5, 5.41) is 0. The maximum atomic E-state index is 13.0. The Bertz CT molecular complexity index is 1070. The molecular weight excluding hydrogens is 424 g/mol. The van der Waals surface area contributed by atoms with Gasteiger partial charge in [-0.05, 0) is 68.1 Å². The largest absolute Gasteiger partial charge is 0.493 e. The number of allylic oxidation sites excluding steroid dienone is 1. The number of rotatable bonds is 6. The Balaban J connectivity index is 1.39. The fourth-order valence-corrected chi connectivity index (χ4v) is 4.42. The Hall–Kier alpha value is -3.48. The van der Waals surface area contributed by atoms with Crippen LogP contribution in [-0.4, -0.2) is 38.2 Å². The molecule has 0 amide bonds. The van der Waals surface area contributed by atoms with Gasteiger partial charge in [-0.15, -0.1) is 0 Å². The van der Waals surface area contributed by atoms with Gasteiger partial charge in [0.15, 0.2) is 11.5 Å². The van der Waals surface area contributed by atoms with Crippen LogP contribution in [0.1, 0.15) is 40.7 Å². The van der Waals surface area contributed by atoms with Gasteiger partial charge >= 0.3 is 5.97 Å². The van der Waals surface area contributed by atoms with E-state index in [2.05, 4.69) is 0 Å². The van der Waals surface area contributed by atoms with Gasteiger partial charge in [0.1, 0.15) is 24.2 Å². The highest BCUT2D eigenvalue weighted by atomic mass is 16.6. The molecule has 2 aliphatic rings. The highest BCUT2D eigenvalue weighted by molar-refractivity contribution is 5.96. The van der Waals surface area contributed by atoms with Crippen LogP contribution in [0.15, 0.2) is 48.4 Å². The second-order valence-corrected chi connectivity index (χ2v) is 8.46. The SMILES string of the molecule is COc1ccc(C(=O)OC2CCC3C(=O)C(Oc4cc(C)cc(C)c4)=COC3C2)cc1OC. The monoisotopic (exact) mass is 452 g/mol. The first-order chi connectivity index (χ1) is 15.9. The molecule has 1 saturated carbocycles. The standard InChI is InChI=1S/C26H28O7/c1-15-9-16(2)11-19(10-15)32-24-14-31-22-13-18(6-7-20(22)25(24)27)33-26(28)17-5-8-21(29-3)23(12-17)30-4/h5,8-12,14,18,20,22H,6-7,13H2,1-4H3. The van der Waals surface area contributed by atoms with Crippen LogP contribution in [0.5, 0.6) is 17.2 Å². The van der Waals surface area contributed by atoms with Crippen LogP contribution in [0.4, 0.5) is 0 Å². The molecule has 0 saturated heterocycles. The molecule has 33 heavy (non-hydrogen) atoms. The van der Waals surface area contributed by atoms with Gasteiger partial charge in [-0.1, -0.05) is 6.07 Å². The zero-order valence-electron chi connectivity index (χ0n) is 19.3. The Morgan fingerprint density at radius 1 is 0.970 bits per heavy atom. The summed E-state index contributed by atoms with van der Waals surface area (Å²) in [6.07, 6.45) is 2.28. The third kappa shape index (κ3) is 4.97. The predicted octanol–water partition coefficient (Wildman–Crippen LogP) is 4.53. The zero-order chi connectivity index (χ0) is 23.5. The smallest absolute Gasteiger partial charge is 0.338 e. The van der Waals surface area contributed by atoms with Gasteiger partial charge in [0.25, 0.3) is 0 Å². The molecule has 1 heterocycles. The zero-order valence-corrected chi connectivity index (χ0v) is 19.3. The van der Waals surface area contributed by atoms with E-state index in [-0.39, 0.29) is 29.7 Å². The molecule has 0 spiro atoms. The van der Waals surface area contributed by atoms with Crippen molar-refractivity contribution in [2.24, 2.45) is 5.92 Å². The van der Waals surface area contributed by atoms with Crippen LogP contribution >= 0.6 is 0 Å². The van der Waals surface area contributed by atoms with Crippen LogP contribution < -0.4 is 14.2 Å². The van der Waals surface area contributed by atoms with Crippen molar-refractivity contribution in [2.45, 2.75) is 45.3 Å². The molecule has 1 fully saturated rings. The van der Waals surface area contributed by atoms with Gasteiger partial charge in [0.2, 0.25) is 11.5 Å². The quantitative estimate of drug-likeness (QED) is 0.596. The molecule has 4 rings (SSSR count). The number of carbonyl (C=O) groups excluding carboxylic acids is 2. The van der Waals surface area contributed by atoms with Gasteiger partial charge in [0.05, 0.1) is 25.7 Å². The number of hydrogen-bond acceptors (Lipinski definition) is 7. The number of esters is 1. The fraction of sp³-hybridized carbons (Fsp3) is 0.385. The molecule has 1 aliphatic carbocycles. The molecule has 0 N–H and O–H groups in total. The second kappa shape index (κ2) is 9.57. The first-order valence-electron chi connectivity index (χ1n) is 11.0. The number of ketones is 1. The van der Waals surface area contributed by atoms with Crippen molar-refractivity contribution < 1.29 is 33.3 Å². The lowest BCUT2D eigenvalue weighted by atomic mass is 9.80. The van der Waals surface area contributed by atoms with E-state index in [4.69, 9.17) is 23.7 Å². The molecule has 0 aromatic heterocycles. The summed E-state index contributed by atoms with van der Waals surface area (Å²) in [4.78, 5) is 25.7. The molecule has 0 bridgehead atoms. The third-order valence-electron chi connectivity index (χ3n) is 5.99. The van der Waals surface area contributed by atoms with Crippen molar-refractivity contribution in [3.05, 3.63) is 65.1 Å². The van der Waals surface area contributed by atoms with E-state index in [1.807, 2.05) is 32.0 Å². The number of methoxy groups -OCH3 is 2. The van der Waals surface area contributed by atoms with Gasteiger partial charge < -0.3 is 23.7 Å². The van der Waals surface area contributed by atoms with Crippen LogP contribution in [0.25, 0.3) is 0 Å². The minimum absolute atomic E-state index is 0.0740. The molecule has 2 aromatic rings. The maximum Gasteiger partial charge on any atom is 0.338 e. The number of aryl methyl sites for hydroxylation is 2. The van der Waals surface area contributed by atoms with Gasteiger partial charge in [-0.2, -0.15) is 0 Å². The highest BCUT2D eigenvalue weighted by Crippen LogP contribution is 2.36. The fourth-order valence-electron chi connectivity index (χ4n) is 4.42. The third-order valence-corrected chi connectivity index (χ3v) is 5.99. The van der Waals surface area contributed by atoms with E-state index < -0.39 is 5.97 Å². The summed E-state index contributed by atoms with van der Waals surface area (Å²) in [6.45, 7) is 3.96. The minimum Gasteiger partial charge on any atom is -0.493 e. The summed E-state index contributed by atoms with van der Waals surface area (Å²) in [6, 6.07) is 10.7. The summed E-state index contributed by atoms with van der Waals surface area (Å²) in [5.41, 5.74) is 2.49. The number of ether oxygens (including phenoxy) is 5. The Labute approximate surface area is 193 Å². The van der Waals surface area contributed by atoms with Crippen LogP contribution in [0.2, 0.25) is 0 Å². The van der Waals surface area contributed by atoms with Crippen molar-refractivity contribution >= 4 is 11.8 Å². The first-order valence-corrected chi connectivity index (χ1v) is 11.0. The summed E-state index contributed by atoms with van der Waals surface area (Å²) in [5.74, 6) is 0.985. The Morgan fingerprint density at radius 2 is 1.70 bits per heavy atom. The molecule has 3 unspecified atom stereocenters. The number of benzene rings is 2. The molecule has 174 valence electrons. The lowest BCUT2D eigenvalue weighted by molar-refractivity contribution is -0.132. The van der Waals surface area contributed by atoms with Crippen molar-refractivity contribution in [2.75, 3.05) is 14.2 Å². The Morgan fingerprint density at radius 3 is 2.39 bits per heavy atom. The van der Waals surface area contributed by atoms with E-state index in [0.717, 1.165) is 11.1 Å². The summed E-state index contributed by atoms with van der Waals surface area (Å²) in [7, 11) is 3.05. The van der Waals surface area contributed by atoms with Crippen LogP contribution in [-0.2, 0) is 14.3 Å². The van der Waals surface area contributed by atoms with E-state index in [1.54, 1.807) is 18.2 Å². The lowest BCUT2D eigenvalue weighted by Gasteiger charge is -2.36. The number of Topliss-reactive ketones (excluding diaryl/α,β-unsaturated/α-hetero) is 1. The average Bonchev–Trinajstić information content (AvgIpc) is 2.79. The minimum atomic E-state index is -0.448. The Kier molecular flexibility index (Phi) is 6.58. The highest BCUT2D eigenvalue weighted by Gasteiger charge is 2.42. The first kappa shape index (κ1) is 22.7. The summed E-state index contributed by atoms with van der Waals surface area (Å²) >= 11 is 0. The van der Waals surface area contributed by atoms with Gasteiger partial charge in [-0.3, -0.25) is 4.79 Å². The molecule has 0 radical (unpaired) electrons. The molecular formula is C26H28O7. The predicted molar refractivity (Wildman–Crippen MR) is 121 cm³/mol. The van der Waals surface area contributed by atoms with E-state index in [1.165, 1.54) is 20.5 Å². The van der Waals surface area contributed by atoms with Gasteiger partial charge in [0, 0.05) is 6.42 Å². The van der Waals surface area contributed by atoms with Crippen LogP contribution in [0, 0.1) is 19.8 Å². The number of hydrogen-bond donors (Lipinski definition) is 0. The molecule has 3 atom stereocenters. The van der Waals surface area contributed by atoms with Crippen molar-refractivity contribution in [1.29, 1.82) is 0 Å². The topological polar surface area (TPSA) is 80.3 Å². The van der Waals surface area contributed by atoms with Crippen LogP contribution in [0.3, 0.4) is 0 Å². The lowest BCUT2D eigenvalue weighted by Crippen LogP contribution is -2.43. The van der Waals surface area contributed by atoms with Crippen molar-refractivity contribution in [3.63, 3.8) is 0 Å². The number of fused-ring (bicyclic) bond motifs is 1. The molecule has 2 aromatic carbocycles. The van der Waals surface area contributed by atoms with Gasteiger partial charge in [-0.25, -0.2) is 4.79 Å². The summed E-state index contributed by atoms with van der Waals surface area (Å²) < 4.78 is 27.9. The average molecular weight is 453 g/mol. The van der Waals surface area contributed by atoms with E-state index in [0.29, 0.717) is 42.1 Å².